The first-order chi connectivity index (χ1) is 9.25. The Labute approximate surface area is 114 Å². The van der Waals surface area contributed by atoms with Crippen LogP contribution in [0.4, 0.5) is 0 Å². The number of hydrogen-bond acceptors (Lipinski definition) is 2. The molecule has 0 spiro atoms. The Morgan fingerprint density at radius 3 is 2.47 bits per heavy atom. The van der Waals surface area contributed by atoms with Gasteiger partial charge in [-0.2, -0.15) is 0 Å². The number of rotatable bonds is 4. The van der Waals surface area contributed by atoms with Crippen LogP contribution in [0.15, 0.2) is 30.3 Å². The summed E-state index contributed by atoms with van der Waals surface area (Å²) in [5.74, 6) is 0.791. The molecule has 0 aromatic heterocycles. The van der Waals surface area contributed by atoms with Gasteiger partial charge in [0.1, 0.15) is 0 Å². The third-order valence-electron chi connectivity index (χ3n) is 4.46. The van der Waals surface area contributed by atoms with Crippen LogP contribution in [0.2, 0.25) is 0 Å². The van der Waals surface area contributed by atoms with Crippen molar-refractivity contribution in [3.05, 3.63) is 35.9 Å². The monoisotopic (exact) mass is 258 g/mol. The summed E-state index contributed by atoms with van der Waals surface area (Å²) in [7, 11) is 0. The molecule has 0 bridgehead atoms. The fourth-order valence-corrected chi connectivity index (χ4v) is 3.14. The molecule has 0 radical (unpaired) electrons. The topological polar surface area (TPSA) is 55.1 Å². The van der Waals surface area contributed by atoms with Crippen LogP contribution >= 0.6 is 0 Å². The first-order valence-corrected chi connectivity index (χ1v) is 7.36. The van der Waals surface area contributed by atoms with Gasteiger partial charge in [0.15, 0.2) is 0 Å². The molecular formula is C16H22N2O. The normalized spacial score (nSPS) is 28.1. The number of carbonyl (C=O) groups is 1. The molecular weight excluding hydrogens is 236 g/mol. The van der Waals surface area contributed by atoms with Crippen molar-refractivity contribution in [1.29, 1.82) is 0 Å². The van der Waals surface area contributed by atoms with Crippen LogP contribution in [0.5, 0.6) is 0 Å². The molecule has 2 aliphatic carbocycles. The van der Waals surface area contributed by atoms with Crippen molar-refractivity contribution in [2.24, 2.45) is 17.6 Å². The van der Waals surface area contributed by atoms with Crippen molar-refractivity contribution in [2.45, 2.75) is 44.2 Å². The standard InChI is InChI=1S/C16H22N2O/c17-14-8-4-7-13(14)16(19)18-15(12-9-10-12)11-5-2-1-3-6-11/h1-3,5-6,12-15H,4,7-10,17H2,(H,18,19). The summed E-state index contributed by atoms with van der Waals surface area (Å²) in [4.78, 5) is 12.4. The second-order valence-corrected chi connectivity index (χ2v) is 5.94. The van der Waals surface area contributed by atoms with Gasteiger partial charge in [-0.25, -0.2) is 0 Å². The maximum atomic E-state index is 12.4. The number of nitrogens with one attached hydrogen (secondary N) is 1. The third kappa shape index (κ3) is 2.81. The summed E-state index contributed by atoms with van der Waals surface area (Å²) < 4.78 is 0. The zero-order chi connectivity index (χ0) is 13.2. The van der Waals surface area contributed by atoms with E-state index in [1.165, 1.54) is 18.4 Å². The van der Waals surface area contributed by atoms with Crippen molar-refractivity contribution in [3.8, 4) is 0 Å². The van der Waals surface area contributed by atoms with Crippen LogP contribution in [-0.2, 0) is 4.79 Å². The van der Waals surface area contributed by atoms with Gasteiger partial charge in [0.05, 0.1) is 12.0 Å². The summed E-state index contributed by atoms with van der Waals surface area (Å²) in [5, 5.41) is 3.25. The molecule has 0 aliphatic heterocycles. The van der Waals surface area contributed by atoms with Gasteiger partial charge in [0.25, 0.3) is 0 Å². The van der Waals surface area contributed by atoms with Crippen molar-refractivity contribution < 1.29 is 4.79 Å². The van der Waals surface area contributed by atoms with E-state index >= 15 is 0 Å². The van der Waals surface area contributed by atoms with E-state index in [4.69, 9.17) is 5.73 Å². The average molecular weight is 258 g/mol. The summed E-state index contributed by atoms with van der Waals surface area (Å²) >= 11 is 0. The quantitative estimate of drug-likeness (QED) is 0.871. The molecule has 2 saturated carbocycles. The predicted molar refractivity (Wildman–Crippen MR) is 75.4 cm³/mol. The zero-order valence-electron chi connectivity index (χ0n) is 11.2. The predicted octanol–water partition coefficient (Wildman–Crippen LogP) is 2.38. The highest BCUT2D eigenvalue weighted by Gasteiger charge is 2.36. The molecule has 3 atom stereocenters. The minimum atomic E-state index is 0.0185. The lowest BCUT2D eigenvalue weighted by molar-refractivity contribution is -0.126. The molecule has 1 aromatic rings. The van der Waals surface area contributed by atoms with E-state index in [0.717, 1.165) is 19.3 Å². The van der Waals surface area contributed by atoms with Crippen LogP contribution in [0.25, 0.3) is 0 Å². The lowest BCUT2D eigenvalue weighted by atomic mass is 9.99. The second-order valence-electron chi connectivity index (χ2n) is 5.94. The number of carbonyl (C=O) groups excluding carboxylic acids is 1. The van der Waals surface area contributed by atoms with Gasteiger partial charge in [-0.1, -0.05) is 36.8 Å². The highest BCUT2D eigenvalue weighted by atomic mass is 16.2. The Kier molecular flexibility index (Phi) is 3.56. The first-order valence-electron chi connectivity index (χ1n) is 7.36. The summed E-state index contributed by atoms with van der Waals surface area (Å²) in [6.07, 6.45) is 5.45. The van der Waals surface area contributed by atoms with Crippen molar-refractivity contribution >= 4 is 5.91 Å². The molecule has 3 unspecified atom stereocenters. The number of benzene rings is 1. The van der Waals surface area contributed by atoms with Crippen molar-refractivity contribution in [2.75, 3.05) is 0 Å². The molecule has 2 fully saturated rings. The second kappa shape index (κ2) is 5.33. The molecule has 3 heteroatoms. The first kappa shape index (κ1) is 12.7. The third-order valence-corrected chi connectivity index (χ3v) is 4.46. The van der Waals surface area contributed by atoms with Gasteiger partial charge in [0, 0.05) is 6.04 Å². The Morgan fingerprint density at radius 1 is 1.16 bits per heavy atom. The van der Waals surface area contributed by atoms with E-state index in [0.29, 0.717) is 5.92 Å². The summed E-state index contributed by atoms with van der Waals surface area (Å²) in [6.45, 7) is 0. The Balaban J connectivity index is 1.70. The lowest BCUT2D eigenvalue weighted by Gasteiger charge is -2.22. The molecule has 1 aromatic carbocycles. The van der Waals surface area contributed by atoms with Crippen molar-refractivity contribution in [3.63, 3.8) is 0 Å². The Morgan fingerprint density at radius 2 is 1.89 bits per heavy atom. The Bertz CT molecular complexity index is 441. The lowest BCUT2D eigenvalue weighted by Crippen LogP contribution is -2.40. The van der Waals surface area contributed by atoms with Crippen LogP contribution in [0, 0.1) is 11.8 Å². The molecule has 1 amide bonds. The average Bonchev–Trinajstić information content (AvgIpc) is 3.18. The molecule has 102 valence electrons. The maximum absolute atomic E-state index is 12.4. The smallest absolute Gasteiger partial charge is 0.225 e. The molecule has 3 rings (SSSR count). The van der Waals surface area contributed by atoms with E-state index in [9.17, 15) is 4.79 Å². The molecule has 0 saturated heterocycles. The van der Waals surface area contributed by atoms with E-state index in [1.807, 2.05) is 18.2 Å². The SMILES string of the molecule is NC1CCCC1C(=O)NC(c1ccccc1)C1CC1. The van der Waals surface area contributed by atoms with Gasteiger partial charge in [0.2, 0.25) is 5.91 Å². The maximum Gasteiger partial charge on any atom is 0.225 e. The molecule has 2 aliphatic rings. The fraction of sp³-hybridized carbons (Fsp3) is 0.562. The minimum absolute atomic E-state index is 0.0185. The Hall–Kier alpha value is -1.35. The van der Waals surface area contributed by atoms with E-state index in [1.54, 1.807) is 0 Å². The van der Waals surface area contributed by atoms with E-state index < -0.39 is 0 Å². The minimum Gasteiger partial charge on any atom is -0.349 e. The van der Waals surface area contributed by atoms with Crippen molar-refractivity contribution in [1.82, 2.24) is 5.32 Å². The highest BCUT2D eigenvalue weighted by Crippen LogP contribution is 2.41. The summed E-state index contributed by atoms with van der Waals surface area (Å²) in [5.41, 5.74) is 7.25. The van der Waals surface area contributed by atoms with Gasteiger partial charge in [-0.3, -0.25) is 4.79 Å². The van der Waals surface area contributed by atoms with Gasteiger partial charge in [-0.15, -0.1) is 0 Å². The number of amides is 1. The zero-order valence-corrected chi connectivity index (χ0v) is 11.2. The number of nitrogens with two attached hydrogens (primary N) is 1. The number of hydrogen-bond donors (Lipinski definition) is 2. The van der Waals surface area contributed by atoms with Gasteiger partial charge < -0.3 is 11.1 Å². The summed E-state index contributed by atoms with van der Waals surface area (Å²) in [6, 6.07) is 10.5. The van der Waals surface area contributed by atoms with Gasteiger partial charge in [-0.05, 0) is 37.2 Å². The van der Waals surface area contributed by atoms with Crippen LogP contribution in [0.3, 0.4) is 0 Å². The fourth-order valence-electron chi connectivity index (χ4n) is 3.14. The van der Waals surface area contributed by atoms with E-state index in [-0.39, 0.29) is 23.9 Å². The molecule has 3 nitrogen and oxygen atoms in total. The largest absolute Gasteiger partial charge is 0.349 e. The molecule has 0 heterocycles. The van der Waals surface area contributed by atoms with Crippen LogP contribution < -0.4 is 11.1 Å². The van der Waals surface area contributed by atoms with E-state index in [2.05, 4.69) is 17.4 Å². The van der Waals surface area contributed by atoms with Crippen LogP contribution in [-0.4, -0.2) is 11.9 Å². The van der Waals surface area contributed by atoms with Gasteiger partial charge >= 0.3 is 0 Å². The highest BCUT2D eigenvalue weighted by molar-refractivity contribution is 5.80. The molecule has 3 N–H and O–H groups in total. The van der Waals surface area contributed by atoms with Crippen LogP contribution in [0.1, 0.15) is 43.7 Å². The molecule has 19 heavy (non-hydrogen) atoms.